The molecule has 2 aliphatic rings. The summed E-state index contributed by atoms with van der Waals surface area (Å²) in [4.78, 5) is 34.4. The highest BCUT2D eigenvalue weighted by molar-refractivity contribution is 5.95. The van der Waals surface area contributed by atoms with Crippen molar-refractivity contribution in [2.45, 2.75) is 71.2 Å². The molecule has 8 heteroatoms. The molecule has 1 aliphatic heterocycles. The van der Waals surface area contributed by atoms with E-state index >= 15 is 0 Å². The molecular weight excluding hydrogens is 406 g/mol. The lowest BCUT2D eigenvalue weighted by Gasteiger charge is -2.34. The maximum Gasteiger partial charge on any atom is 0.272 e. The van der Waals surface area contributed by atoms with Crippen LogP contribution in [-0.4, -0.2) is 68.2 Å². The van der Waals surface area contributed by atoms with Gasteiger partial charge in [-0.3, -0.25) is 19.3 Å². The first-order valence-corrected chi connectivity index (χ1v) is 11.7. The molecule has 1 atom stereocenters. The molecule has 8 nitrogen and oxygen atoms in total. The maximum atomic E-state index is 13.4. The van der Waals surface area contributed by atoms with Crippen molar-refractivity contribution in [3.05, 3.63) is 47.5 Å². The first-order valence-electron chi connectivity index (χ1n) is 11.7. The van der Waals surface area contributed by atoms with Crippen LogP contribution in [0, 0.1) is 6.92 Å². The molecule has 1 aliphatic carbocycles. The molecule has 2 aromatic heterocycles. The first-order chi connectivity index (χ1) is 15.5. The number of nitrogens with zero attached hydrogens (tertiary/aromatic N) is 5. The van der Waals surface area contributed by atoms with Crippen LogP contribution in [0.1, 0.15) is 60.8 Å². The zero-order valence-corrected chi connectivity index (χ0v) is 19.1. The van der Waals surface area contributed by atoms with Crippen LogP contribution in [0.3, 0.4) is 0 Å². The van der Waals surface area contributed by atoms with Crippen LogP contribution in [0.25, 0.3) is 0 Å². The quantitative estimate of drug-likeness (QED) is 0.691. The summed E-state index contributed by atoms with van der Waals surface area (Å²) in [7, 11) is 0. The molecule has 0 bridgehead atoms. The van der Waals surface area contributed by atoms with Crippen LogP contribution >= 0.6 is 0 Å². The highest BCUT2D eigenvalue weighted by Gasteiger charge is 2.35. The van der Waals surface area contributed by atoms with Crippen LogP contribution in [0.2, 0.25) is 0 Å². The summed E-state index contributed by atoms with van der Waals surface area (Å²) in [5, 5.41) is 4.41. The van der Waals surface area contributed by atoms with Crippen molar-refractivity contribution in [2.75, 3.05) is 19.6 Å². The summed E-state index contributed by atoms with van der Waals surface area (Å²) in [6.45, 7) is 5.85. The van der Waals surface area contributed by atoms with Gasteiger partial charge < -0.3 is 14.5 Å². The highest BCUT2D eigenvalue weighted by Crippen LogP contribution is 2.25. The third kappa shape index (κ3) is 5.18. The molecule has 0 radical (unpaired) electrons. The Balaban J connectivity index is 1.55. The van der Waals surface area contributed by atoms with E-state index < -0.39 is 0 Å². The van der Waals surface area contributed by atoms with Crippen molar-refractivity contribution in [1.82, 2.24) is 24.6 Å². The van der Waals surface area contributed by atoms with Crippen molar-refractivity contribution in [2.24, 2.45) is 0 Å². The van der Waals surface area contributed by atoms with E-state index in [1.807, 2.05) is 30.9 Å². The zero-order chi connectivity index (χ0) is 22.5. The van der Waals surface area contributed by atoms with Gasteiger partial charge in [-0.25, -0.2) is 0 Å². The van der Waals surface area contributed by atoms with E-state index in [0.717, 1.165) is 36.9 Å². The summed E-state index contributed by atoms with van der Waals surface area (Å²) in [6, 6.07) is 5.88. The van der Waals surface area contributed by atoms with Crippen LogP contribution in [0.5, 0.6) is 0 Å². The van der Waals surface area contributed by atoms with Crippen LogP contribution < -0.4 is 0 Å². The first kappa shape index (κ1) is 22.5. The van der Waals surface area contributed by atoms with E-state index in [9.17, 15) is 9.59 Å². The molecule has 2 fully saturated rings. The summed E-state index contributed by atoms with van der Waals surface area (Å²) in [6.07, 6.45) is 8.81. The lowest BCUT2D eigenvalue weighted by Crippen LogP contribution is -2.46. The number of aryl methyl sites for hydroxylation is 2. The SMILES string of the molecule is CCn1nc(C)cc1C(=O)N1CC(=O)N(C2CCCCC2)C[C@@H](OCc2ccncc2)C1. The molecule has 32 heavy (non-hydrogen) atoms. The lowest BCUT2D eigenvalue weighted by molar-refractivity contribution is -0.134. The molecule has 3 heterocycles. The molecule has 2 aromatic rings. The second-order valence-corrected chi connectivity index (χ2v) is 8.80. The van der Waals surface area contributed by atoms with E-state index in [1.54, 1.807) is 28.0 Å². The van der Waals surface area contributed by atoms with Gasteiger partial charge in [-0.1, -0.05) is 19.3 Å². The third-order valence-corrected chi connectivity index (χ3v) is 6.43. The Morgan fingerprint density at radius 1 is 1.16 bits per heavy atom. The van der Waals surface area contributed by atoms with E-state index in [0.29, 0.717) is 31.9 Å². The second kappa shape index (κ2) is 10.3. The number of pyridine rings is 1. The molecular formula is C24H33N5O3. The number of carbonyl (C=O) groups excluding carboxylic acids is 2. The number of hydrogen-bond acceptors (Lipinski definition) is 5. The van der Waals surface area contributed by atoms with Crippen LogP contribution in [0.15, 0.2) is 30.6 Å². The Hall–Kier alpha value is -2.74. The van der Waals surface area contributed by atoms with Crippen LogP contribution in [-0.2, 0) is 22.7 Å². The third-order valence-electron chi connectivity index (χ3n) is 6.43. The minimum absolute atomic E-state index is 0.0135. The fraction of sp³-hybridized carbons (Fsp3) is 0.583. The van der Waals surface area contributed by atoms with Gasteiger partial charge in [-0.05, 0) is 50.5 Å². The van der Waals surface area contributed by atoms with Gasteiger partial charge in [0.05, 0.1) is 18.4 Å². The number of ether oxygens (including phenoxy) is 1. The van der Waals surface area contributed by atoms with E-state index in [4.69, 9.17) is 4.74 Å². The smallest absolute Gasteiger partial charge is 0.272 e. The minimum atomic E-state index is -0.250. The Labute approximate surface area is 189 Å². The molecule has 0 spiro atoms. The highest BCUT2D eigenvalue weighted by atomic mass is 16.5. The van der Waals surface area contributed by atoms with Crippen molar-refractivity contribution in [3.63, 3.8) is 0 Å². The largest absolute Gasteiger partial charge is 0.370 e. The summed E-state index contributed by atoms with van der Waals surface area (Å²) in [5.74, 6) is -0.150. The number of rotatable bonds is 6. The Morgan fingerprint density at radius 2 is 1.91 bits per heavy atom. The van der Waals surface area contributed by atoms with Crippen LogP contribution in [0.4, 0.5) is 0 Å². The molecule has 4 rings (SSSR count). The van der Waals surface area contributed by atoms with Gasteiger partial charge in [0.25, 0.3) is 5.91 Å². The van der Waals surface area contributed by atoms with E-state index in [2.05, 4.69) is 10.1 Å². The fourth-order valence-corrected chi connectivity index (χ4v) is 4.76. The molecule has 0 aromatic carbocycles. The topological polar surface area (TPSA) is 80.6 Å². The van der Waals surface area contributed by atoms with Crippen molar-refractivity contribution in [3.8, 4) is 0 Å². The summed E-state index contributed by atoms with van der Waals surface area (Å²) < 4.78 is 7.97. The average Bonchev–Trinajstić information content (AvgIpc) is 3.12. The molecule has 0 unspecified atom stereocenters. The molecule has 1 saturated heterocycles. The zero-order valence-electron chi connectivity index (χ0n) is 19.1. The minimum Gasteiger partial charge on any atom is -0.370 e. The standard InChI is InChI=1S/C24H33N5O3/c1-3-29-22(13-18(2)26-29)24(31)27-14-21(32-17-19-9-11-25-12-10-19)15-28(23(30)16-27)20-7-5-4-6-8-20/h9-13,20-21H,3-8,14-17H2,1-2H3/t21-/m0/s1. The van der Waals surface area contributed by atoms with Crippen molar-refractivity contribution in [1.29, 1.82) is 0 Å². The Kier molecular flexibility index (Phi) is 7.19. The van der Waals surface area contributed by atoms with Gasteiger partial charge in [0, 0.05) is 38.1 Å². The Morgan fingerprint density at radius 3 is 2.62 bits per heavy atom. The fourth-order valence-electron chi connectivity index (χ4n) is 4.76. The van der Waals surface area contributed by atoms with Crippen molar-refractivity contribution >= 4 is 11.8 Å². The van der Waals surface area contributed by atoms with Gasteiger partial charge >= 0.3 is 0 Å². The molecule has 1 saturated carbocycles. The number of hydrogen-bond donors (Lipinski definition) is 0. The number of carbonyl (C=O) groups is 2. The van der Waals surface area contributed by atoms with Gasteiger partial charge in [0.15, 0.2) is 0 Å². The lowest BCUT2D eigenvalue weighted by atomic mass is 9.94. The monoisotopic (exact) mass is 439 g/mol. The Bertz CT molecular complexity index is 923. The van der Waals surface area contributed by atoms with Gasteiger partial charge in [-0.2, -0.15) is 5.10 Å². The second-order valence-electron chi connectivity index (χ2n) is 8.80. The maximum absolute atomic E-state index is 13.4. The van der Waals surface area contributed by atoms with Gasteiger partial charge in [0.2, 0.25) is 5.91 Å². The predicted octanol–water partition coefficient (Wildman–Crippen LogP) is 2.81. The number of aromatic nitrogens is 3. The summed E-state index contributed by atoms with van der Waals surface area (Å²) >= 11 is 0. The molecule has 2 amide bonds. The van der Waals surface area contributed by atoms with Gasteiger partial charge in [-0.15, -0.1) is 0 Å². The van der Waals surface area contributed by atoms with Crippen molar-refractivity contribution < 1.29 is 14.3 Å². The average molecular weight is 440 g/mol. The summed E-state index contributed by atoms with van der Waals surface area (Å²) in [5.41, 5.74) is 2.35. The normalized spacial score (nSPS) is 20.4. The molecule has 0 N–H and O–H groups in total. The number of amides is 2. The molecule has 172 valence electrons. The van der Waals surface area contributed by atoms with E-state index in [-0.39, 0.29) is 30.5 Å². The van der Waals surface area contributed by atoms with Gasteiger partial charge in [0.1, 0.15) is 12.2 Å². The van der Waals surface area contributed by atoms with E-state index in [1.165, 1.54) is 6.42 Å². The predicted molar refractivity (Wildman–Crippen MR) is 120 cm³/mol.